The number of nitrogens with zero attached hydrogens (tertiary/aromatic N) is 1. The Morgan fingerprint density at radius 1 is 1.14 bits per heavy atom. The molecule has 1 heterocycles. The summed E-state index contributed by atoms with van der Waals surface area (Å²) in [5, 5.41) is 3.07. The van der Waals surface area contributed by atoms with Crippen LogP contribution in [-0.4, -0.2) is 24.0 Å². The van der Waals surface area contributed by atoms with Crippen molar-refractivity contribution in [2.45, 2.75) is 6.92 Å². The largest absolute Gasteiger partial charge is 0.497 e. The molecule has 1 aliphatic rings. The van der Waals surface area contributed by atoms with Crippen molar-refractivity contribution in [3.63, 3.8) is 0 Å². The predicted octanol–water partition coefficient (Wildman–Crippen LogP) is 4.04. The first kappa shape index (κ1) is 19.8. The molecule has 1 saturated heterocycles. The van der Waals surface area contributed by atoms with Crippen LogP contribution in [0.5, 0.6) is 5.75 Å². The number of hydrogen-bond donors (Lipinski definition) is 1. The van der Waals surface area contributed by atoms with Crippen molar-refractivity contribution in [1.82, 2.24) is 5.32 Å². The lowest BCUT2D eigenvalue weighted by Crippen LogP contribution is -2.54. The van der Waals surface area contributed by atoms with E-state index in [9.17, 15) is 9.59 Å². The fourth-order valence-corrected chi connectivity index (χ4v) is 3.06. The topological polar surface area (TPSA) is 58.6 Å². The number of aryl methyl sites for hydroxylation is 1. The first-order valence-corrected chi connectivity index (χ1v) is 9.17. The van der Waals surface area contributed by atoms with Crippen molar-refractivity contribution < 1.29 is 14.3 Å². The Hall–Kier alpha value is -2.96. The van der Waals surface area contributed by atoms with Gasteiger partial charge in [0.05, 0.1) is 12.8 Å². The van der Waals surface area contributed by atoms with E-state index < -0.39 is 11.8 Å². The lowest BCUT2D eigenvalue weighted by atomic mass is 10.1. The summed E-state index contributed by atoms with van der Waals surface area (Å²) in [6, 6.07) is 12.5. The summed E-state index contributed by atoms with van der Waals surface area (Å²) in [4.78, 5) is 26.4. The van der Waals surface area contributed by atoms with Crippen molar-refractivity contribution in [3.8, 4) is 5.75 Å². The molecule has 142 valence electrons. The molecule has 5 nitrogen and oxygen atoms in total. The van der Waals surface area contributed by atoms with Gasteiger partial charge in [-0.05, 0) is 60.6 Å². The van der Waals surface area contributed by atoms with Crippen LogP contribution in [0, 0.1) is 6.92 Å². The Morgan fingerprint density at radius 3 is 2.50 bits per heavy atom. The molecule has 0 atom stereocenters. The maximum Gasteiger partial charge on any atom is 0.270 e. The molecule has 7 heteroatoms. The summed E-state index contributed by atoms with van der Waals surface area (Å²) in [5.74, 6) is -0.296. The molecule has 0 unspecified atom stereocenters. The van der Waals surface area contributed by atoms with Crippen LogP contribution in [0.25, 0.3) is 6.08 Å². The van der Waals surface area contributed by atoms with Gasteiger partial charge in [0, 0.05) is 5.02 Å². The number of anilines is 1. The molecule has 2 aromatic rings. The van der Waals surface area contributed by atoms with Crippen LogP contribution < -0.4 is 15.0 Å². The van der Waals surface area contributed by atoms with Gasteiger partial charge in [0.25, 0.3) is 11.8 Å². The molecule has 0 saturated carbocycles. The van der Waals surface area contributed by atoms with Gasteiger partial charge < -0.3 is 4.74 Å². The fourth-order valence-electron chi connectivity index (χ4n) is 2.60. The van der Waals surface area contributed by atoms with Gasteiger partial charge >= 0.3 is 0 Å². The van der Waals surface area contributed by atoms with E-state index >= 15 is 0 Å². The van der Waals surface area contributed by atoms with Crippen molar-refractivity contribution in [2.75, 3.05) is 12.0 Å². The van der Waals surface area contributed by atoms with Crippen molar-refractivity contribution >= 4 is 52.5 Å². The van der Waals surface area contributed by atoms with E-state index in [1.54, 1.807) is 37.5 Å². The van der Waals surface area contributed by atoms with Crippen molar-refractivity contribution in [3.05, 3.63) is 76.3 Å². The monoisotopic (exact) mass is 412 g/mol. The molecular formula is C21H17ClN2O3S. The molecular weight excluding hydrogens is 396 g/mol. The molecule has 1 aliphatic heterocycles. The molecule has 0 spiro atoms. The maximum absolute atomic E-state index is 12.9. The highest BCUT2D eigenvalue weighted by Crippen LogP contribution is 2.26. The number of carbonyl (C=O) groups is 2. The van der Waals surface area contributed by atoms with Crippen LogP contribution in [0.4, 0.5) is 5.69 Å². The summed E-state index contributed by atoms with van der Waals surface area (Å²) in [5.41, 5.74) is 2.26. The third-order valence-electron chi connectivity index (χ3n) is 4.18. The number of carbonyl (C=O) groups excluding carboxylic acids is 2. The van der Waals surface area contributed by atoms with Crippen LogP contribution >= 0.6 is 23.8 Å². The summed E-state index contributed by atoms with van der Waals surface area (Å²) in [6.07, 6.45) is 4.89. The molecule has 1 N–H and O–H groups in total. The zero-order valence-corrected chi connectivity index (χ0v) is 16.8. The second-order valence-electron chi connectivity index (χ2n) is 6.05. The van der Waals surface area contributed by atoms with Crippen molar-refractivity contribution in [1.29, 1.82) is 0 Å². The Labute approximate surface area is 173 Å². The van der Waals surface area contributed by atoms with Gasteiger partial charge in [-0.3, -0.25) is 19.8 Å². The van der Waals surface area contributed by atoms with E-state index in [0.29, 0.717) is 10.7 Å². The normalized spacial score (nSPS) is 16.0. The van der Waals surface area contributed by atoms with Gasteiger partial charge in [0.15, 0.2) is 5.11 Å². The molecule has 0 aromatic heterocycles. The molecule has 28 heavy (non-hydrogen) atoms. The molecule has 0 bridgehead atoms. The van der Waals surface area contributed by atoms with Crippen LogP contribution in [0.2, 0.25) is 5.02 Å². The number of rotatable bonds is 4. The molecule has 0 radical (unpaired) electrons. The van der Waals surface area contributed by atoms with Gasteiger partial charge in [-0.25, -0.2) is 0 Å². The number of nitrogens with one attached hydrogen (secondary N) is 1. The Kier molecular flexibility index (Phi) is 5.92. The van der Waals surface area contributed by atoms with E-state index in [-0.39, 0.29) is 10.7 Å². The summed E-state index contributed by atoms with van der Waals surface area (Å²) >= 11 is 11.3. The SMILES string of the molecule is COc1ccc(/C=C/C=C2\C(=O)NC(=S)N(c3ccc(C)c(Cl)c3)C2=O)cc1. The first-order valence-electron chi connectivity index (χ1n) is 8.39. The minimum atomic E-state index is -0.538. The highest BCUT2D eigenvalue weighted by Gasteiger charge is 2.34. The number of benzene rings is 2. The van der Waals surface area contributed by atoms with E-state index in [2.05, 4.69) is 5.32 Å². The Bertz CT molecular complexity index is 1010. The molecule has 0 aliphatic carbocycles. The molecule has 3 rings (SSSR count). The highest BCUT2D eigenvalue weighted by atomic mass is 35.5. The number of allylic oxidation sites excluding steroid dienone is 2. The van der Waals surface area contributed by atoms with Gasteiger partial charge in [0.1, 0.15) is 11.3 Å². The average molecular weight is 413 g/mol. The van der Waals surface area contributed by atoms with Crippen molar-refractivity contribution in [2.24, 2.45) is 0 Å². The molecule has 2 aromatic carbocycles. The summed E-state index contributed by atoms with van der Waals surface area (Å²) in [7, 11) is 1.60. The Balaban J connectivity index is 1.87. The predicted molar refractivity (Wildman–Crippen MR) is 115 cm³/mol. The number of thiocarbonyl (C=S) groups is 1. The van der Waals surface area contributed by atoms with E-state index in [1.807, 2.05) is 31.2 Å². The van der Waals surface area contributed by atoms with E-state index in [0.717, 1.165) is 16.9 Å². The second kappa shape index (κ2) is 8.37. The number of amides is 2. The van der Waals surface area contributed by atoms with Gasteiger partial charge in [-0.15, -0.1) is 0 Å². The first-order chi connectivity index (χ1) is 13.4. The minimum Gasteiger partial charge on any atom is -0.497 e. The van der Waals surface area contributed by atoms with E-state index in [4.69, 9.17) is 28.6 Å². The quantitative estimate of drug-likeness (QED) is 0.467. The third-order valence-corrected chi connectivity index (χ3v) is 4.87. The zero-order valence-electron chi connectivity index (χ0n) is 15.2. The lowest BCUT2D eigenvalue weighted by Gasteiger charge is -2.29. The second-order valence-corrected chi connectivity index (χ2v) is 6.84. The number of hydrogen-bond acceptors (Lipinski definition) is 4. The van der Waals surface area contributed by atoms with Crippen LogP contribution in [0.3, 0.4) is 0 Å². The average Bonchev–Trinajstić information content (AvgIpc) is 2.67. The molecule has 1 fully saturated rings. The van der Waals surface area contributed by atoms with Gasteiger partial charge in [-0.1, -0.05) is 42.0 Å². The number of ether oxygens (including phenoxy) is 1. The zero-order chi connectivity index (χ0) is 20.3. The minimum absolute atomic E-state index is 0.0185. The van der Waals surface area contributed by atoms with E-state index in [1.165, 1.54) is 11.0 Å². The van der Waals surface area contributed by atoms with Gasteiger partial charge in [0.2, 0.25) is 0 Å². The molecule has 2 amide bonds. The number of methoxy groups -OCH3 is 1. The third kappa shape index (κ3) is 4.13. The Morgan fingerprint density at radius 2 is 1.86 bits per heavy atom. The van der Waals surface area contributed by atoms with Gasteiger partial charge in [-0.2, -0.15) is 0 Å². The fraction of sp³-hybridized carbons (Fsp3) is 0.0952. The van der Waals surface area contributed by atoms with Crippen LogP contribution in [0.1, 0.15) is 11.1 Å². The summed E-state index contributed by atoms with van der Waals surface area (Å²) in [6.45, 7) is 1.86. The summed E-state index contributed by atoms with van der Waals surface area (Å²) < 4.78 is 5.12. The van der Waals surface area contributed by atoms with Crippen LogP contribution in [0.15, 0.2) is 60.2 Å². The number of halogens is 1. The lowest BCUT2D eigenvalue weighted by molar-refractivity contribution is -0.122. The standard InChI is InChI=1S/C21H17ClN2O3S/c1-13-6-9-15(12-18(13)22)24-20(26)17(19(25)23-21(24)28)5-3-4-14-7-10-16(27-2)11-8-14/h3-12H,1-2H3,(H,23,25,28)/b4-3+,17-5+. The van der Waals surface area contributed by atoms with Crippen LogP contribution in [-0.2, 0) is 9.59 Å². The maximum atomic E-state index is 12.9. The smallest absolute Gasteiger partial charge is 0.270 e. The highest BCUT2D eigenvalue weighted by molar-refractivity contribution is 7.80.